The average Bonchev–Trinajstić information content (AvgIpc) is 2.75. The van der Waals surface area contributed by atoms with Gasteiger partial charge in [0.05, 0.1) is 31.0 Å². The van der Waals surface area contributed by atoms with Crippen LogP contribution in [0.2, 0.25) is 0 Å². The highest BCUT2D eigenvalue weighted by molar-refractivity contribution is 5.74. The highest BCUT2D eigenvalue weighted by Gasteiger charge is 2.24. The molecule has 2 aromatic rings. The van der Waals surface area contributed by atoms with Gasteiger partial charge in [0.1, 0.15) is 11.6 Å². The average molecular weight is 444 g/mol. The lowest BCUT2D eigenvalue weighted by atomic mass is 9.96. The molecule has 3 rings (SSSR count). The van der Waals surface area contributed by atoms with Crippen molar-refractivity contribution in [1.29, 1.82) is 0 Å². The van der Waals surface area contributed by atoms with Crippen molar-refractivity contribution in [3.05, 3.63) is 59.4 Å². The first-order valence-electron chi connectivity index (χ1n) is 11.1. The Bertz CT molecular complexity index is 894. The Morgan fingerprint density at radius 3 is 2.38 bits per heavy atom. The second-order valence-electron chi connectivity index (χ2n) is 8.77. The van der Waals surface area contributed by atoms with Gasteiger partial charge in [-0.1, -0.05) is 32.0 Å². The monoisotopic (exact) mass is 443 g/mol. The van der Waals surface area contributed by atoms with Crippen LogP contribution in [0.15, 0.2) is 42.5 Å². The molecule has 1 heterocycles. The molecule has 0 aliphatic carbocycles. The number of halogens is 1. The molecule has 32 heavy (non-hydrogen) atoms. The Labute approximate surface area is 190 Å². The van der Waals surface area contributed by atoms with Crippen molar-refractivity contribution in [3.63, 3.8) is 0 Å². The highest BCUT2D eigenvalue weighted by atomic mass is 19.1. The number of hydrogen-bond donors (Lipinski definition) is 2. The lowest BCUT2D eigenvalue weighted by molar-refractivity contribution is -0.00539. The lowest BCUT2D eigenvalue weighted by Crippen LogP contribution is -2.45. The standard InChI is InChI=1S/C25H34FN3O3/c1-16(2)24(20-7-9-21(31-5)10-8-20)28-25(30)27-13-19-6-11-23(22(26)12-19)29-14-17(3)32-18(4)15-29/h6-12,16-18,24H,13-15H2,1-5H3,(H2,27,28,30). The minimum absolute atomic E-state index is 0.0581. The van der Waals surface area contributed by atoms with Crippen LogP contribution in [0.3, 0.4) is 0 Å². The van der Waals surface area contributed by atoms with E-state index in [-0.39, 0.29) is 42.6 Å². The van der Waals surface area contributed by atoms with Crippen molar-refractivity contribution in [2.24, 2.45) is 5.92 Å². The van der Waals surface area contributed by atoms with Crippen molar-refractivity contribution in [1.82, 2.24) is 10.6 Å². The van der Waals surface area contributed by atoms with Gasteiger partial charge in [-0.05, 0) is 55.2 Å². The number of ether oxygens (including phenoxy) is 2. The summed E-state index contributed by atoms with van der Waals surface area (Å²) in [6.07, 6.45) is 0.116. The molecule has 2 aromatic carbocycles. The summed E-state index contributed by atoms with van der Waals surface area (Å²) >= 11 is 0. The molecule has 7 heteroatoms. The van der Waals surface area contributed by atoms with Gasteiger partial charge in [-0.2, -0.15) is 0 Å². The number of anilines is 1. The Morgan fingerprint density at radius 1 is 1.16 bits per heavy atom. The van der Waals surface area contributed by atoms with E-state index in [9.17, 15) is 9.18 Å². The normalized spacial score (nSPS) is 19.5. The van der Waals surface area contributed by atoms with Gasteiger partial charge in [-0.15, -0.1) is 0 Å². The van der Waals surface area contributed by atoms with Crippen molar-refractivity contribution in [2.75, 3.05) is 25.1 Å². The topological polar surface area (TPSA) is 62.8 Å². The van der Waals surface area contributed by atoms with Crippen LogP contribution in [-0.4, -0.2) is 38.4 Å². The molecule has 0 bridgehead atoms. The minimum atomic E-state index is -0.292. The van der Waals surface area contributed by atoms with Gasteiger partial charge >= 0.3 is 6.03 Å². The number of carbonyl (C=O) groups is 1. The van der Waals surface area contributed by atoms with Gasteiger partial charge < -0.3 is 25.0 Å². The summed E-state index contributed by atoms with van der Waals surface area (Å²) in [5.74, 6) is 0.681. The van der Waals surface area contributed by atoms with Gasteiger partial charge in [0.2, 0.25) is 0 Å². The number of rotatable bonds is 7. The van der Waals surface area contributed by atoms with Crippen molar-refractivity contribution >= 4 is 11.7 Å². The minimum Gasteiger partial charge on any atom is -0.497 e. The fourth-order valence-electron chi connectivity index (χ4n) is 4.11. The van der Waals surface area contributed by atoms with Gasteiger partial charge in [-0.25, -0.2) is 9.18 Å². The molecule has 0 aromatic heterocycles. The molecular formula is C25H34FN3O3. The number of carbonyl (C=O) groups excluding carboxylic acids is 1. The molecular weight excluding hydrogens is 409 g/mol. The van der Waals surface area contributed by atoms with Crippen molar-refractivity contribution in [2.45, 2.75) is 52.5 Å². The van der Waals surface area contributed by atoms with Crippen molar-refractivity contribution < 1.29 is 18.7 Å². The number of nitrogens with zero attached hydrogens (tertiary/aromatic N) is 1. The summed E-state index contributed by atoms with van der Waals surface area (Å²) in [5.41, 5.74) is 2.28. The zero-order chi connectivity index (χ0) is 23.3. The third-order valence-corrected chi connectivity index (χ3v) is 5.65. The van der Waals surface area contributed by atoms with Crippen LogP contribution in [0.1, 0.15) is 44.9 Å². The number of methoxy groups -OCH3 is 1. The van der Waals surface area contributed by atoms with Gasteiger partial charge in [0.25, 0.3) is 0 Å². The molecule has 3 unspecified atom stereocenters. The lowest BCUT2D eigenvalue weighted by Gasteiger charge is -2.37. The van der Waals surface area contributed by atoms with E-state index in [1.54, 1.807) is 13.2 Å². The van der Waals surface area contributed by atoms with Crippen LogP contribution in [0.5, 0.6) is 5.75 Å². The van der Waals surface area contributed by atoms with Gasteiger partial charge in [0, 0.05) is 19.6 Å². The first-order chi connectivity index (χ1) is 15.3. The first kappa shape index (κ1) is 23.9. The van der Waals surface area contributed by atoms with E-state index < -0.39 is 0 Å². The fourth-order valence-corrected chi connectivity index (χ4v) is 4.11. The molecule has 2 amide bonds. The maximum Gasteiger partial charge on any atom is 0.315 e. The Morgan fingerprint density at radius 2 is 1.81 bits per heavy atom. The number of urea groups is 1. The van der Waals surface area contributed by atoms with E-state index >= 15 is 0 Å². The largest absolute Gasteiger partial charge is 0.497 e. The number of hydrogen-bond acceptors (Lipinski definition) is 4. The summed E-state index contributed by atoms with van der Waals surface area (Å²) in [4.78, 5) is 14.6. The second-order valence-corrected chi connectivity index (χ2v) is 8.77. The van der Waals surface area contributed by atoms with Crippen LogP contribution in [0, 0.1) is 11.7 Å². The molecule has 3 atom stereocenters. The number of amides is 2. The highest BCUT2D eigenvalue weighted by Crippen LogP contribution is 2.25. The third kappa shape index (κ3) is 6.13. The molecule has 0 radical (unpaired) electrons. The maximum absolute atomic E-state index is 14.8. The van der Waals surface area contributed by atoms with E-state index in [4.69, 9.17) is 9.47 Å². The van der Waals surface area contributed by atoms with E-state index in [0.717, 1.165) is 11.3 Å². The number of benzene rings is 2. The summed E-state index contributed by atoms with van der Waals surface area (Å²) in [5, 5.41) is 5.86. The number of nitrogens with one attached hydrogen (secondary N) is 2. The van der Waals surface area contributed by atoms with E-state index in [1.807, 2.05) is 49.1 Å². The molecule has 0 spiro atoms. The first-order valence-corrected chi connectivity index (χ1v) is 11.1. The zero-order valence-corrected chi connectivity index (χ0v) is 19.5. The maximum atomic E-state index is 14.8. The summed E-state index contributed by atoms with van der Waals surface area (Å²) < 4.78 is 25.7. The molecule has 0 saturated carbocycles. The van der Waals surface area contributed by atoms with E-state index in [0.29, 0.717) is 24.3 Å². The molecule has 1 fully saturated rings. The molecule has 1 saturated heterocycles. The fraction of sp³-hybridized carbons (Fsp3) is 0.480. The number of morpholine rings is 1. The van der Waals surface area contributed by atoms with Crippen LogP contribution in [0.4, 0.5) is 14.9 Å². The van der Waals surface area contributed by atoms with Crippen molar-refractivity contribution in [3.8, 4) is 5.75 Å². The quantitative estimate of drug-likeness (QED) is 0.654. The molecule has 2 N–H and O–H groups in total. The summed E-state index contributed by atoms with van der Waals surface area (Å²) in [7, 11) is 1.62. The van der Waals surface area contributed by atoms with Crippen LogP contribution in [0.25, 0.3) is 0 Å². The SMILES string of the molecule is COc1ccc(C(NC(=O)NCc2ccc(N3CC(C)OC(C)C3)c(F)c2)C(C)C)cc1. The van der Waals surface area contributed by atoms with E-state index in [2.05, 4.69) is 24.5 Å². The van der Waals surface area contributed by atoms with Crippen LogP contribution >= 0.6 is 0 Å². The molecule has 1 aliphatic rings. The Balaban J connectivity index is 1.59. The predicted molar refractivity (Wildman–Crippen MR) is 125 cm³/mol. The molecule has 6 nitrogen and oxygen atoms in total. The molecule has 1 aliphatic heterocycles. The second kappa shape index (κ2) is 10.7. The smallest absolute Gasteiger partial charge is 0.315 e. The third-order valence-electron chi connectivity index (χ3n) is 5.65. The van der Waals surface area contributed by atoms with Crippen LogP contribution in [-0.2, 0) is 11.3 Å². The zero-order valence-electron chi connectivity index (χ0n) is 19.5. The van der Waals surface area contributed by atoms with Gasteiger partial charge in [-0.3, -0.25) is 0 Å². The van der Waals surface area contributed by atoms with Crippen LogP contribution < -0.4 is 20.3 Å². The Hall–Kier alpha value is -2.80. The molecule has 174 valence electrons. The van der Waals surface area contributed by atoms with E-state index in [1.165, 1.54) is 6.07 Å². The summed E-state index contributed by atoms with van der Waals surface area (Å²) in [6.45, 7) is 9.65. The summed E-state index contributed by atoms with van der Waals surface area (Å²) in [6, 6.07) is 12.3. The Kier molecular flexibility index (Phi) is 7.96. The van der Waals surface area contributed by atoms with Gasteiger partial charge in [0.15, 0.2) is 0 Å². The predicted octanol–water partition coefficient (Wildman–Crippen LogP) is 4.64.